The van der Waals surface area contributed by atoms with Crippen LogP contribution in [0.3, 0.4) is 0 Å². The van der Waals surface area contributed by atoms with Crippen molar-refractivity contribution in [1.29, 1.82) is 0 Å². The summed E-state index contributed by atoms with van der Waals surface area (Å²) in [5, 5.41) is 0. The van der Waals surface area contributed by atoms with Crippen LogP contribution in [0.2, 0.25) is 0 Å². The smallest absolute Gasteiger partial charge is 0.263 e. The predicted octanol–water partition coefficient (Wildman–Crippen LogP) is 2.31. The van der Waals surface area contributed by atoms with Crippen molar-refractivity contribution in [3.63, 3.8) is 0 Å². The summed E-state index contributed by atoms with van der Waals surface area (Å²) in [6.45, 7) is 4.09. The van der Waals surface area contributed by atoms with Gasteiger partial charge in [0, 0.05) is 43.3 Å². The molecular formula is C22H29N3O3S. The van der Waals surface area contributed by atoms with Gasteiger partial charge in [0.05, 0.1) is 5.75 Å². The van der Waals surface area contributed by atoms with Crippen molar-refractivity contribution in [3.8, 4) is 0 Å². The third-order valence-electron chi connectivity index (χ3n) is 7.30. The SMILES string of the molecule is CCSCC(=O)N1C[C@@H]2C[C@H](C1)c1ccc(C(=O)N3C4CCC3CC4)c(=O)n1C2. The van der Waals surface area contributed by atoms with Crippen molar-refractivity contribution in [1.82, 2.24) is 14.4 Å². The van der Waals surface area contributed by atoms with Crippen LogP contribution in [-0.4, -0.2) is 62.9 Å². The molecule has 3 fully saturated rings. The molecule has 2 amide bonds. The van der Waals surface area contributed by atoms with E-state index >= 15 is 0 Å². The van der Waals surface area contributed by atoms with Gasteiger partial charge in [-0.3, -0.25) is 14.4 Å². The highest BCUT2D eigenvalue weighted by Crippen LogP contribution is 2.39. The molecular weight excluding hydrogens is 386 g/mol. The number of fused-ring (bicyclic) bond motifs is 6. The third kappa shape index (κ3) is 3.22. The van der Waals surface area contributed by atoms with E-state index in [2.05, 4.69) is 6.92 Å². The van der Waals surface area contributed by atoms with Gasteiger partial charge in [-0.25, -0.2) is 0 Å². The molecule has 0 N–H and O–H groups in total. The first-order valence-corrected chi connectivity index (χ1v) is 12.1. The number of rotatable bonds is 4. The number of hydrogen-bond donors (Lipinski definition) is 0. The lowest BCUT2D eigenvalue weighted by molar-refractivity contribution is -0.131. The second-order valence-corrected chi connectivity index (χ2v) is 10.3. The Kier molecular flexibility index (Phi) is 4.96. The highest BCUT2D eigenvalue weighted by Gasteiger charge is 2.43. The van der Waals surface area contributed by atoms with Crippen LogP contribution in [0.1, 0.15) is 61.0 Å². The van der Waals surface area contributed by atoms with E-state index < -0.39 is 0 Å². The highest BCUT2D eigenvalue weighted by molar-refractivity contribution is 7.99. The Morgan fingerprint density at radius 2 is 1.79 bits per heavy atom. The van der Waals surface area contributed by atoms with Gasteiger partial charge in [-0.2, -0.15) is 11.8 Å². The van der Waals surface area contributed by atoms with Crippen molar-refractivity contribution >= 4 is 23.6 Å². The van der Waals surface area contributed by atoms with E-state index in [1.54, 1.807) is 17.8 Å². The van der Waals surface area contributed by atoms with Gasteiger partial charge in [0.2, 0.25) is 5.91 Å². The fourth-order valence-electron chi connectivity index (χ4n) is 5.98. The summed E-state index contributed by atoms with van der Waals surface area (Å²) in [6, 6.07) is 4.38. The molecule has 4 aliphatic rings. The van der Waals surface area contributed by atoms with Crippen molar-refractivity contribution in [2.45, 2.75) is 63.6 Å². The number of nitrogens with zero attached hydrogens (tertiary/aromatic N) is 3. The molecule has 1 aromatic heterocycles. The first-order valence-electron chi connectivity index (χ1n) is 11.0. The van der Waals surface area contributed by atoms with E-state index in [9.17, 15) is 14.4 Å². The molecule has 4 bridgehead atoms. The van der Waals surface area contributed by atoms with Gasteiger partial charge in [-0.1, -0.05) is 6.92 Å². The summed E-state index contributed by atoms with van der Waals surface area (Å²) >= 11 is 1.66. The molecule has 1 aromatic rings. The number of aromatic nitrogens is 1. The number of carbonyl (C=O) groups is 2. The Hall–Kier alpha value is -1.76. The molecule has 0 radical (unpaired) electrons. The van der Waals surface area contributed by atoms with Crippen LogP contribution in [0.15, 0.2) is 16.9 Å². The van der Waals surface area contributed by atoms with E-state index in [1.807, 2.05) is 20.4 Å². The average molecular weight is 416 g/mol. The van der Waals surface area contributed by atoms with Crippen LogP contribution in [-0.2, 0) is 11.3 Å². The molecule has 0 saturated carbocycles. The molecule has 0 aromatic carbocycles. The molecule has 7 heteroatoms. The molecule has 5 rings (SSSR count). The van der Waals surface area contributed by atoms with Gasteiger partial charge in [0.15, 0.2) is 0 Å². The van der Waals surface area contributed by atoms with Crippen molar-refractivity contribution in [2.75, 3.05) is 24.6 Å². The van der Waals surface area contributed by atoms with Crippen LogP contribution in [0.25, 0.3) is 0 Å². The lowest BCUT2D eigenvalue weighted by Gasteiger charge is -2.43. The lowest BCUT2D eigenvalue weighted by Crippen LogP contribution is -2.50. The Bertz CT molecular complexity index is 878. The third-order valence-corrected chi connectivity index (χ3v) is 8.16. The Morgan fingerprint density at radius 3 is 2.48 bits per heavy atom. The zero-order chi connectivity index (χ0) is 20.1. The zero-order valence-electron chi connectivity index (χ0n) is 17.0. The van der Waals surface area contributed by atoms with Crippen molar-refractivity contribution in [2.24, 2.45) is 5.92 Å². The summed E-state index contributed by atoms with van der Waals surface area (Å²) in [5.41, 5.74) is 1.20. The largest absolute Gasteiger partial charge is 0.341 e. The maximum absolute atomic E-state index is 13.3. The van der Waals surface area contributed by atoms with Gasteiger partial charge >= 0.3 is 0 Å². The normalized spacial score (nSPS) is 29.8. The van der Waals surface area contributed by atoms with Gasteiger partial charge in [-0.15, -0.1) is 0 Å². The minimum absolute atomic E-state index is 0.0700. The Morgan fingerprint density at radius 1 is 1.07 bits per heavy atom. The van der Waals surface area contributed by atoms with Crippen LogP contribution in [0.4, 0.5) is 0 Å². The Labute approximate surface area is 175 Å². The second-order valence-electron chi connectivity index (χ2n) is 9.00. The number of piperidine rings is 1. The van der Waals surface area contributed by atoms with Gasteiger partial charge in [0.25, 0.3) is 11.5 Å². The molecule has 5 heterocycles. The standard InChI is InChI=1S/C22H29N3O3S/c1-2-29-13-20(26)23-10-14-9-15(12-23)19-8-7-18(21(27)24(19)11-14)22(28)25-16-3-4-17(25)6-5-16/h7-8,14-17H,2-6,9-13H2,1H3/t14-,15+,16?,17?/m0/s1. The summed E-state index contributed by atoms with van der Waals surface area (Å²) in [6.07, 6.45) is 5.33. The molecule has 3 saturated heterocycles. The number of hydrogen-bond acceptors (Lipinski definition) is 4. The molecule has 0 spiro atoms. The minimum Gasteiger partial charge on any atom is -0.341 e. The minimum atomic E-state index is -0.130. The molecule has 4 aliphatic heterocycles. The monoisotopic (exact) mass is 415 g/mol. The fourth-order valence-corrected chi connectivity index (χ4v) is 6.54. The van der Waals surface area contributed by atoms with E-state index in [0.717, 1.165) is 50.1 Å². The maximum atomic E-state index is 13.3. The van der Waals surface area contributed by atoms with Crippen molar-refractivity contribution < 1.29 is 9.59 Å². The number of amides is 2. The topological polar surface area (TPSA) is 62.6 Å². The lowest BCUT2D eigenvalue weighted by atomic mass is 9.83. The molecule has 156 valence electrons. The molecule has 0 unspecified atom stereocenters. The van der Waals surface area contributed by atoms with E-state index in [-0.39, 0.29) is 23.3 Å². The number of pyridine rings is 1. The van der Waals surface area contributed by atoms with Crippen molar-refractivity contribution in [3.05, 3.63) is 33.7 Å². The Balaban J connectivity index is 1.40. The first kappa shape index (κ1) is 19.2. The van der Waals surface area contributed by atoms with Crippen LogP contribution in [0, 0.1) is 5.92 Å². The zero-order valence-corrected chi connectivity index (χ0v) is 17.8. The molecule has 29 heavy (non-hydrogen) atoms. The number of carbonyl (C=O) groups excluding carboxylic acids is 2. The maximum Gasteiger partial charge on any atom is 0.263 e. The van der Waals surface area contributed by atoms with Gasteiger partial charge in [0.1, 0.15) is 5.56 Å². The van der Waals surface area contributed by atoms with E-state index in [4.69, 9.17) is 0 Å². The predicted molar refractivity (Wildman–Crippen MR) is 113 cm³/mol. The average Bonchev–Trinajstić information content (AvgIpc) is 3.33. The molecule has 2 atom stereocenters. The fraction of sp³-hybridized carbons (Fsp3) is 0.682. The number of likely N-dealkylation sites (tertiary alicyclic amines) is 1. The summed E-state index contributed by atoms with van der Waals surface area (Å²) in [7, 11) is 0. The number of thioether (sulfide) groups is 1. The second kappa shape index (κ2) is 7.49. The van der Waals surface area contributed by atoms with Crippen LogP contribution < -0.4 is 5.56 Å². The summed E-state index contributed by atoms with van der Waals surface area (Å²) in [5.74, 6) is 2.10. The quantitative estimate of drug-likeness (QED) is 0.757. The molecule has 0 aliphatic carbocycles. The van der Waals surface area contributed by atoms with E-state index in [0.29, 0.717) is 42.4 Å². The van der Waals surface area contributed by atoms with Crippen LogP contribution in [0.5, 0.6) is 0 Å². The summed E-state index contributed by atoms with van der Waals surface area (Å²) in [4.78, 5) is 42.9. The molecule has 6 nitrogen and oxygen atoms in total. The highest BCUT2D eigenvalue weighted by atomic mass is 32.2. The van der Waals surface area contributed by atoms with Gasteiger partial charge < -0.3 is 14.4 Å². The summed E-state index contributed by atoms with van der Waals surface area (Å²) < 4.78 is 1.84. The van der Waals surface area contributed by atoms with Gasteiger partial charge in [-0.05, 0) is 55.9 Å². The van der Waals surface area contributed by atoms with Crippen LogP contribution >= 0.6 is 11.8 Å². The van der Waals surface area contributed by atoms with E-state index in [1.165, 1.54) is 0 Å². The first-order chi connectivity index (χ1) is 14.1.